The van der Waals surface area contributed by atoms with Gasteiger partial charge in [0.25, 0.3) is 0 Å². The van der Waals surface area contributed by atoms with Gasteiger partial charge in [-0.2, -0.15) is 0 Å². The fourth-order valence-electron chi connectivity index (χ4n) is 2.73. The molecule has 76 valence electrons. The SMILES string of the molecule is CCC1(CC2CCCO2)CCCN1. The molecule has 2 heteroatoms. The second-order valence-electron chi connectivity index (χ2n) is 4.50. The lowest BCUT2D eigenvalue weighted by atomic mass is 9.87. The molecule has 2 nitrogen and oxygen atoms in total. The predicted octanol–water partition coefficient (Wildman–Crippen LogP) is 2.09. The van der Waals surface area contributed by atoms with Crippen LogP contribution in [0.15, 0.2) is 0 Å². The molecule has 2 rings (SSSR count). The molecule has 2 fully saturated rings. The van der Waals surface area contributed by atoms with E-state index in [2.05, 4.69) is 12.2 Å². The summed E-state index contributed by atoms with van der Waals surface area (Å²) in [5.74, 6) is 0. The third kappa shape index (κ3) is 2.05. The molecule has 2 saturated heterocycles. The molecule has 2 aliphatic heterocycles. The normalized spacial score (nSPS) is 39.9. The zero-order valence-electron chi connectivity index (χ0n) is 8.64. The standard InChI is InChI=1S/C11H21NO/c1-2-11(6-4-7-12-11)9-10-5-3-8-13-10/h10,12H,2-9H2,1H3. The lowest BCUT2D eigenvalue weighted by Crippen LogP contribution is -2.42. The maximum atomic E-state index is 5.70. The fourth-order valence-corrected chi connectivity index (χ4v) is 2.73. The Morgan fingerprint density at radius 1 is 1.46 bits per heavy atom. The second-order valence-corrected chi connectivity index (χ2v) is 4.50. The van der Waals surface area contributed by atoms with Gasteiger partial charge in [0.1, 0.15) is 0 Å². The Balaban J connectivity index is 1.88. The lowest BCUT2D eigenvalue weighted by molar-refractivity contribution is 0.0776. The van der Waals surface area contributed by atoms with Crippen LogP contribution in [0, 0.1) is 0 Å². The van der Waals surface area contributed by atoms with Crippen LogP contribution in [0.2, 0.25) is 0 Å². The smallest absolute Gasteiger partial charge is 0.0593 e. The van der Waals surface area contributed by atoms with Crippen LogP contribution < -0.4 is 5.32 Å². The molecule has 0 aliphatic carbocycles. The fraction of sp³-hybridized carbons (Fsp3) is 1.00. The number of hydrogen-bond acceptors (Lipinski definition) is 2. The van der Waals surface area contributed by atoms with E-state index in [9.17, 15) is 0 Å². The van der Waals surface area contributed by atoms with Crippen molar-refractivity contribution in [3.63, 3.8) is 0 Å². The molecule has 0 amide bonds. The summed E-state index contributed by atoms with van der Waals surface area (Å²) in [7, 11) is 0. The molecule has 0 aromatic rings. The van der Waals surface area contributed by atoms with Gasteiger partial charge in [0.2, 0.25) is 0 Å². The molecule has 0 bridgehead atoms. The monoisotopic (exact) mass is 183 g/mol. The summed E-state index contributed by atoms with van der Waals surface area (Å²) in [4.78, 5) is 0. The van der Waals surface area contributed by atoms with Crippen LogP contribution in [-0.2, 0) is 4.74 Å². The maximum absolute atomic E-state index is 5.70. The maximum Gasteiger partial charge on any atom is 0.0593 e. The minimum Gasteiger partial charge on any atom is -0.378 e. The van der Waals surface area contributed by atoms with Crippen molar-refractivity contribution in [2.75, 3.05) is 13.2 Å². The molecule has 2 atom stereocenters. The summed E-state index contributed by atoms with van der Waals surface area (Å²) >= 11 is 0. The van der Waals surface area contributed by atoms with Crippen LogP contribution in [0.5, 0.6) is 0 Å². The predicted molar refractivity (Wildman–Crippen MR) is 53.8 cm³/mol. The largest absolute Gasteiger partial charge is 0.378 e. The van der Waals surface area contributed by atoms with Gasteiger partial charge in [-0.25, -0.2) is 0 Å². The summed E-state index contributed by atoms with van der Waals surface area (Å²) in [6, 6.07) is 0. The van der Waals surface area contributed by atoms with Crippen LogP contribution in [0.3, 0.4) is 0 Å². The molecule has 0 saturated carbocycles. The van der Waals surface area contributed by atoms with E-state index in [0.29, 0.717) is 11.6 Å². The molecule has 2 heterocycles. The molecular weight excluding hydrogens is 162 g/mol. The Bertz CT molecular complexity index is 157. The van der Waals surface area contributed by atoms with Crippen molar-refractivity contribution in [3.8, 4) is 0 Å². The summed E-state index contributed by atoms with van der Waals surface area (Å²) in [6.07, 6.45) is 8.29. The van der Waals surface area contributed by atoms with Gasteiger partial charge in [-0.1, -0.05) is 6.92 Å². The number of rotatable bonds is 3. The van der Waals surface area contributed by atoms with Gasteiger partial charge >= 0.3 is 0 Å². The van der Waals surface area contributed by atoms with E-state index in [4.69, 9.17) is 4.74 Å². The summed E-state index contributed by atoms with van der Waals surface area (Å²) in [6.45, 7) is 4.50. The van der Waals surface area contributed by atoms with Gasteiger partial charge in [0, 0.05) is 12.1 Å². The van der Waals surface area contributed by atoms with Crippen LogP contribution >= 0.6 is 0 Å². The van der Waals surface area contributed by atoms with Crippen molar-refractivity contribution in [3.05, 3.63) is 0 Å². The Labute approximate surface area is 81.0 Å². The molecule has 0 aromatic carbocycles. The van der Waals surface area contributed by atoms with Crippen molar-refractivity contribution in [2.45, 2.75) is 57.1 Å². The van der Waals surface area contributed by atoms with E-state index < -0.39 is 0 Å². The first-order valence-electron chi connectivity index (χ1n) is 5.71. The summed E-state index contributed by atoms with van der Waals surface area (Å²) in [5, 5.41) is 3.67. The quantitative estimate of drug-likeness (QED) is 0.723. The van der Waals surface area contributed by atoms with Crippen molar-refractivity contribution >= 4 is 0 Å². The van der Waals surface area contributed by atoms with Crippen molar-refractivity contribution in [1.29, 1.82) is 0 Å². The second kappa shape index (κ2) is 3.97. The van der Waals surface area contributed by atoms with E-state index in [1.165, 1.54) is 45.1 Å². The average molecular weight is 183 g/mol. The first-order chi connectivity index (χ1) is 6.35. The first-order valence-corrected chi connectivity index (χ1v) is 5.71. The molecular formula is C11H21NO. The van der Waals surface area contributed by atoms with Crippen molar-refractivity contribution < 1.29 is 4.74 Å². The van der Waals surface area contributed by atoms with Crippen molar-refractivity contribution in [2.24, 2.45) is 0 Å². The van der Waals surface area contributed by atoms with Gasteiger partial charge in [-0.05, 0) is 45.1 Å². The Morgan fingerprint density at radius 3 is 2.92 bits per heavy atom. The Morgan fingerprint density at radius 2 is 2.38 bits per heavy atom. The zero-order valence-corrected chi connectivity index (χ0v) is 8.64. The Kier molecular flexibility index (Phi) is 2.89. The van der Waals surface area contributed by atoms with E-state index >= 15 is 0 Å². The van der Waals surface area contributed by atoms with Gasteiger partial charge in [-0.3, -0.25) is 0 Å². The highest BCUT2D eigenvalue weighted by Crippen LogP contribution is 2.31. The molecule has 0 radical (unpaired) electrons. The summed E-state index contributed by atoms with van der Waals surface area (Å²) < 4.78 is 5.70. The average Bonchev–Trinajstić information content (AvgIpc) is 2.77. The molecule has 2 aliphatic rings. The molecule has 13 heavy (non-hydrogen) atoms. The van der Waals surface area contributed by atoms with Crippen LogP contribution in [0.1, 0.15) is 45.4 Å². The Hall–Kier alpha value is -0.0800. The van der Waals surface area contributed by atoms with E-state index in [-0.39, 0.29) is 0 Å². The highest BCUT2D eigenvalue weighted by molar-refractivity contribution is 4.94. The molecule has 1 N–H and O–H groups in total. The molecule has 2 unspecified atom stereocenters. The number of nitrogens with one attached hydrogen (secondary N) is 1. The minimum absolute atomic E-state index is 0.426. The van der Waals surface area contributed by atoms with Gasteiger partial charge < -0.3 is 10.1 Å². The minimum atomic E-state index is 0.426. The molecule has 0 aromatic heterocycles. The van der Waals surface area contributed by atoms with Crippen LogP contribution in [0.4, 0.5) is 0 Å². The van der Waals surface area contributed by atoms with E-state index in [1.54, 1.807) is 0 Å². The third-order valence-corrected chi connectivity index (χ3v) is 3.65. The highest BCUT2D eigenvalue weighted by Gasteiger charge is 2.35. The van der Waals surface area contributed by atoms with E-state index in [0.717, 1.165) is 6.61 Å². The lowest BCUT2D eigenvalue weighted by Gasteiger charge is -2.30. The topological polar surface area (TPSA) is 21.3 Å². The summed E-state index contributed by atoms with van der Waals surface area (Å²) in [5.41, 5.74) is 0.426. The highest BCUT2D eigenvalue weighted by atomic mass is 16.5. The van der Waals surface area contributed by atoms with Gasteiger partial charge in [0.05, 0.1) is 6.10 Å². The van der Waals surface area contributed by atoms with E-state index in [1.807, 2.05) is 0 Å². The van der Waals surface area contributed by atoms with Gasteiger partial charge in [0.15, 0.2) is 0 Å². The van der Waals surface area contributed by atoms with Crippen LogP contribution in [-0.4, -0.2) is 24.8 Å². The van der Waals surface area contributed by atoms with Crippen molar-refractivity contribution in [1.82, 2.24) is 5.32 Å². The molecule has 0 spiro atoms. The number of ether oxygens (including phenoxy) is 1. The third-order valence-electron chi connectivity index (χ3n) is 3.65. The zero-order chi connectivity index (χ0) is 9.15. The first kappa shape index (κ1) is 9.47. The number of hydrogen-bond donors (Lipinski definition) is 1. The van der Waals surface area contributed by atoms with Crippen LogP contribution in [0.25, 0.3) is 0 Å². The van der Waals surface area contributed by atoms with Gasteiger partial charge in [-0.15, -0.1) is 0 Å².